The van der Waals surface area contributed by atoms with Gasteiger partial charge in [0.15, 0.2) is 0 Å². The zero-order valence-electron chi connectivity index (χ0n) is 18.0. The second-order valence-electron chi connectivity index (χ2n) is 8.29. The highest BCUT2D eigenvalue weighted by atomic mass is 16.5. The van der Waals surface area contributed by atoms with Crippen LogP contribution >= 0.6 is 0 Å². The van der Waals surface area contributed by atoms with Crippen molar-refractivity contribution in [2.75, 3.05) is 19.7 Å². The molecule has 1 aliphatic carbocycles. The van der Waals surface area contributed by atoms with Crippen molar-refractivity contribution in [3.63, 3.8) is 0 Å². The largest absolute Gasteiger partial charge is 0.480 e. The number of fused-ring (bicyclic) bond motifs is 3. The summed E-state index contributed by atoms with van der Waals surface area (Å²) < 4.78 is 5.50. The number of carbonyl (C=O) groups is 3. The summed E-state index contributed by atoms with van der Waals surface area (Å²) in [6.07, 6.45) is 2.28. The summed E-state index contributed by atoms with van der Waals surface area (Å²) in [5.41, 5.74) is 4.71. The number of alkyl carbamates (subject to hydrolysis) is 1. The lowest BCUT2D eigenvalue weighted by molar-refractivity contribution is -0.148. The van der Waals surface area contributed by atoms with Crippen LogP contribution in [0.1, 0.15) is 49.1 Å². The summed E-state index contributed by atoms with van der Waals surface area (Å²) in [5, 5.41) is 11.9. The van der Waals surface area contributed by atoms with E-state index in [9.17, 15) is 19.5 Å². The topological polar surface area (TPSA) is 95.9 Å². The molecule has 2 aromatic rings. The highest BCUT2D eigenvalue weighted by Gasteiger charge is 2.33. The summed E-state index contributed by atoms with van der Waals surface area (Å²) in [4.78, 5) is 37.1. The van der Waals surface area contributed by atoms with Crippen molar-refractivity contribution in [1.29, 1.82) is 0 Å². The van der Waals surface area contributed by atoms with Crippen LogP contribution in [0.25, 0.3) is 11.1 Å². The number of hydrogen-bond acceptors (Lipinski definition) is 4. The summed E-state index contributed by atoms with van der Waals surface area (Å²) in [7, 11) is 0. The van der Waals surface area contributed by atoms with Gasteiger partial charge in [-0.25, -0.2) is 9.59 Å². The molecule has 0 radical (unpaired) electrons. The third-order valence-corrected chi connectivity index (χ3v) is 6.29. The lowest BCUT2D eigenvalue weighted by Gasteiger charge is -2.21. The Bertz CT molecular complexity index is 960. The van der Waals surface area contributed by atoms with E-state index in [1.807, 2.05) is 24.3 Å². The van der Waals surface area contributed by atoms with Crippen molar-refractivity contribution in [1.82, 2.24) is 10.2 Å². The van der Waals surface area contributed by atoms with Crippen molar-refractivity contribution in [3.05, 3.63) is 59.7 Å². The number of unbranched alkanes of at least 4 members (excludes halogenated alkanes) is 1. The van der Waals surface area contributed by atoms with Crippen LogP contribution < -0.4 is 5.32 Å². The van der Waals surface area contributed by atoms with Crippen molar-refractivity contribution in [3.8, 4) is 11.1 Å². The smallest absolute Gasteiger partial charge is 0.407 e. The number of ether oxygens (including phenoxy) is 1. The van der Waals surface area contributed by atoms with Gasteiger partial charge in [0.2, 0.25) is 5.91 Å². The normalized spacial score (nSPS) is 17.0. The fourth-order valence-electron chi connectivity index (χ4n) is 4.71. The zero-order chi connectivity index (χ0) is 22.5. The number of carboxylic acids is 1. The van der Waals surface area contributed by atoms with Gasteiger partial charge in [-0.05, 0) is 47.9 Å². The van der Waals surface area contributed by atoms with E-state index >= 15 is 0 Å². The molecule has 168 valence electrons. The number of nitrogens with zero attached hydrogens (tertiary/aromatic N) is 1. The third kappa shape index (κ3) is 4.61. The Balaban J connectivity index is 1.19. The van der Waals surface area contributed by atoms with Crippen LogP contribution in [-0.2, 0) is 14.3 Å². The Kier molecular flexibility index (Phi) is 6.73. The van der Waals surface area contributed by atoms with Crippen LogP contribution in [0.4, 0.5) is 4.79 Å². The van der Waals surface area contributed by atoms with Gasteiger partial charge in [0.25, 0.3) is 0 Å². The number of nitrogens with one attached hydrogen (secondary N) is 1. The van der Waals surface area contributed by atoms with Gasteiger partial charge in [-0.15, -0.1) is 0 Å². The van der Waals surface area contributed by atoms with E-state index in [2.05, 4.69) is 29.6 Å². The molecule has 0 unspecified atom stereocenters. The Morgan fingerprint density at radius 2 is 1.66 bits per heavy atom. The van der Waals surface area contributed by atoms with E-state index in [0.717, 1.165) is 6.42 Å². The van der Waals surface area contributed by atoms with E-state index in [0.29, 0.717) is 32.4 Å². The molecule has 7 heteroatoms. The summed E-state index contributed by atoms with van der Waals surface area (Å²) in [5.74, 6) is -1.04. The maximum absolute atomic E-state index is 12.3. The second-order valence-corrected chi connectivity index (χ2v) is 8.29. The fraction of sp³-hybridized carbons (Fsp3) is 0.400. The van der Waals surface area contributed by atoms with Crippen LogP contribution in [-0.4, -0.2) is 53.7 Å². The van der Waals surface area contributed by atoms with Gasteiger partial charge in [0.05, 0.1) is 0 Å². The summed E-state index contributed by atoms with van der Waals surface area (Å²) in [6, 6.07) is 15.7. The van der Waals surface area contributed by atoms with E-state index < -0.39 is 18.1 Å². The van der Waals surface area contributed by atoms with Gasteiger partial charge < -0.3 is 20.1 Å². The minimum absolute atomic E-state index is 0.0217. The lowest BCUT2D eigenvalue weighted by atomic mass is 9.98. The average Bonchev–Trinajstić information content (AvgIpc) is 3.41. The Hall–Kier alpha value is -3.35. The number of likely N-dealkylation sites (tertiary alicyclic amines) is 1. The first-order valence-corrected chi connectivity index (χ1v) is 11.2. The number of amides is 2. The Morgan fingerprint density at radius 1 is 1.00 bits per heavy atom. The van der Waals surface area contributed by atoms with Crippen molar-refractivity contribution in [2.24, 2.45) is 0 Å². The molecule has 2 N–H and O–H groups in total. The van der Waals surface area contributed by atoms with Crippen LogP contribution in [0.5, 0.6) is 0 Å². The van der Waals surface area contributed by atoms with Crippen LogP contribution in [0.15, 0.2) is 48.5 Å². The van der Waals surface area contributed by atoms with Gasteiger partial charge in [-0.3, -0.25) is 4.79 Å². The molecule has 0 bridgehead atoms. The molecule has 0 spiro atoms. The third-order valence-electron chi connectivity index (χ3n) is 6.29. The molecule has 1 saturated heterocycles. The number of carboxylic acid groups (broad SMARTS) is 1. The number of aliphatic carboxylic acids is 1. The van der Waals surface area contributed by atoms with E-state index in [1.165, 1.54) is 27.2 Å². The highest BCUT2D eigenvalue weighted by molar-refractivity contribution is 5.84. The predicted molar refractivity (Wildman–Crippen MR) is 119 cm³/mol. The van der Waals surface area contributed by atoms with Crippen LogP contribution in [0.3, 0.4) is 0 Å². The standard InChI is InChI=1S/C25H28N2O5/c28-23(27-15-7-12-22(27)24(29)30)13-5-6-14-26-25(31)32-16-21-19-10-3-1-8-17(19)18-9-2-4-11-20(18)21/h1-4,8-11,21-22H,5-7,12-16H2,(H,26,31)(H,29,30)/t22-/m0/s1. The number of benzene rings is 2. The van der Waals surface area contributed by atoms with E-state index in [4.69, 9.17) is 4.74 Å². The molecular weight excluding hydrogens is 408 g/mol. The second kappa shape index (κ2) is 9.85. The molecule has 1 heterocycles. The maximum atomic E-state index is 12.3. The Morgan fingerprint density at radius 3 is 2.31 bits per heavy atom. The molecule has 1 atom stereocenters. The molecule has 1 fully saturated rings. The van der Waals surface area contributed by atoms with Crippen LogP contribution in [0, 0.1) is 0 Å². The quantitative estimate of drug-likeness (QED) is 0.614. The van der Waals surface area contributed by atoms with E-state index in [-0.39, 0.29) is 24.9 Å². The van der Waals surface area contributed by atoms with Gasteiger partial charge in [0.1, 0.15) is 12.6 Å². The molecule has 0 aromatic heterocycles. The van der Waals surface area contributed by atoms with Gasteiger partial charge in [-0.2, -0.15) is 0 Å². The average molecular weight is 437 g/mol. The summed E-state index contributed by atoms with van der Waals surface area (Å²) >= 11 is 0. The molecule has 1 aliphatic heterocycles. The highest BCUT2D eigenvalue weighted by Crippen LogP contribution is 2.44. The number of rotatable bonds is 8. The SMILES string of the molecule is O=C(NCCCCC(=O)N1CCC[C@H]1C(=O)O)OCC1c2ccccc2-c2ccccc21. The predicted octanol–water partition coefficient (Wildman–Crippen LogP) is 3.77. The molecule has 7 nitrogen and oxygen atoms in total. The fourth-order valence-corrected chi connectivity index (χ4v) is 4.71. The molecular formula is C25H28N2O5. The van der Waals surface area contributed by atoms with Gasteiger partial charge >= 0.3 is 12.1 Å². The molecule has 4 rings (SSSR count). The first kappa shape index (κ1) is 21.9. The maximum Gasteiger partial charge on any atom is 0.407 e. The number of carbonyl (C=O) groups excluding carboxylic acids is 2. The van der Waals surface area contributed by atoms with Crippen molar-refractivity contribution < 1.29 is 24.2 Å². The lowest BCUT2D eigenvalue weighted by Crippen LogP contribution is -2.40. The van der Waals surface area contributed by atoms with Gasteiger partial charge in [0, 0.05) is 25.4 Å². The van der Waals surface area contributed by atoms with Crippen molar-refractivity contribution in [2.45, 2.75) is 44.1 Å². The summed E-state index contributed by atoms with van der Waals surface area (Å²) in [6.45, 7) is 1.18. The molecule has 32 heavy (non-hydrogen) atoms. The monoisotopic (exact) mass is 436 g/mol. The molecule has 2 aliphatic rings. The first-order valence-electron chi connectivity index (χ1n) is 11.2. The van der Waals surface area contributed by atoms with Gasteiger partial charge in [-0.1, -0.05) is 48.5 Å². The molecule has 2 aromatic carbocycles. The van der Waals surface area contributed by atoms with E-state index in [1.54, 1.807) is 0 Å². The Labute approximate surface area is 187 Å². The number of hydrogen-bond donors (Lipinski definition) is 2. The molecule has 2 amide bonds. The first-order chi connectivity index (χ1) is 15.6. The minimum Gasteiger partial charge on any atom is -0.480 e. The van der Waals surface area contributed by atoms with Crippen molar-refractivity contribution >= 4 is 18.0 Å². The zero-order valence-corrected chi connectivity index (χ0v) is 18.0. The molecule has 0 saturated carbocycles. The van der Waals surface area contributed by atoms with Crippen LogP contribution in [0.2, 0.25) is 0 Å². The minimum atomic E-state index is -0.937.